The highest BCUT2D eigenvalue weighted by Crippen LogP contribution is 1.55. The zero-order chi connectivity index (χ0) is 8.57. The molecule has 0 aliphatic carbocycles. The van der Waals surface area contributed by atoms with Crippen molar-refractivity contribution in [3.63, 3.8) is 0 Å². The van der Waals surface area contributed by atoms with Gasteiger partial charge in [0.05, 0.1) is 0 Å². The Morgan fingerprint density at radius 1 is 1.00 bits per heavy atom. The molecule has 0 rings (SSSR count). The van der Waals surface area contributed by atoms with E-state index < -0.39 is 11.9 Å². The maximum absolute atomic E-state index is 9.25. The van der Waals surface area contributed by atoms with E-state index in [1.807, 2.05) is 0 Å². The fraction of sp³-hybridized carbons (Fsp3) is 0. The van der Waals surface area contributed by atoms with Crippen molar-refractivity contribution in [2.45, 2.75) is 0 Å². The number of hydrogen-bond acceptors (Lipinski definition) is 2. The first-order valence-electron chi connectivity index (χ1n) is 2.25. The summed E-state index contributed by atoms with van der Waals surface area (Å²) in [6.07, 6.45) is 1.67. The van der Waals surface area contributed by atoms with Gasteiger partial charge in [-0.25, -0.2) is 9.59 Å². The number of carboxylic acids is 2. The molecule has 0 unspecified atom stereocenters. The highest BCUT2D eigenvalue weighted by Gasteiger charge is 1.73. The van der Waals surface area contributed by atoms with Crippen LogP contribution in [-0.2, 0) is 9.59 Å². The van der Waals surface area contributed by atoms with E-state index in [1.165, 1.54) is 0 Å². The lowest BCUT2D eigenvalue weighted by atomic mass is 10.7. The van der Waals surface area contributed by atoms with Crippen LogP contribution in [0.2, 0.25) is 0 Å². The molecular weight excluding hydrogens is 136 g/mol. The average Bonchev–Trinajstić information content (AvgIpc) is 1.89. The van der Waals surface area contributed by atoms with E-state index in [0.717, 1.165) is 12.2 Å². The van der Waals surface area contributed by atoms with Crippen molar-refractivity contribution in [3.05, 3.63) is 25.3 Å². The maximum atomic E-state index is 9.25. The standard InChI is InChI=1S/2C3H4O2/c2*1-2-3(4)5/h2*2H,1H2,(H,4,5). The summed E-state index contributed by atoms with van der Waals surface area (Å²) in [4.78, 5) is 18.5. The van der Waals surface area contributed by atoms with Gasteiger partial charge in [-0.05, 0) is 0 Å². The van der Waals surface area contributed by atoms with E-state index in [9.17, 15) is 9.59 Å². The van der Waals surface area contributed by atoms with E-state index in [2.05, 4.69) is 13.2 Å². The van der Waals surface area contributed by atoms with Crippen LogP contribution in [0, 0.1) is 0 Å². The van der Waals surface area contributed by atoms with Gasteiger partial charge in [0, 0.05) is 12.2 Å². The van der Waals surface area contributed by atoms with E-state index in [4.69, 9.17) is 10.2 Å². The Kier molecular flexibility index (Phi) is 8.35. The molecule has 4 heteroatoms. The Hall–Kier alpha value is -1.58. The number of aliphatic carboxylic acids is 2. The second kappa shape index (κ2) is 7.42. The number of rotatable bonds is 2. The van der Waals surface area contributed by atoms with Crippen molar-refractivity contribution in [2.75, 3.05) is 0 Å². The first kappa shape index (κ1) is 11.2. The zero-order valence-corrected chi connectivity index (χ0v) is 5.28. The van der Waals surface area contributed by atoms with Gasteiger partial charge in [0.2, 0.25) is 0 Å². The van der Waals surface area contributed by atoms with Gasteiger partial charge in [0.1, 0.15) is 0 Å². The maximum Gasteiger partial charge on any atom is 0.327 e. The number of carboxylic acid groups (broad SMARTS) is 2. The zero-order valence-electron chi connectivity index (χ0n) is 5.28. The Balaban J connectivity index is 0. The van der Waals surface area contributed by atoms with Gasteiger partial charge >= 0.3 is 11.9 Å². The third-order valence-electron chi connectivity index (χ3n) is 0.349. The Morgan fingerprint density at radius 3 is 1.10 bits per heavy atom. The van der Waals surface area contributed by atoms with Crippen LogP contribution < -0.4 is 0 Å². The number of carbonyl (C=O) groups is 2. The number of hydrogen-bond donors (Lipinski definition) is 2. The van der Waals surface area contributed by atoms with Crippen molar-refractivity contribution in [2.24, 2.45) is 0 Å². The first-order chi connectivity index (χ1) is 4.54. The lowest BCUT2D eigenvalue weighted by Gasteiger charge is -1.64. The van der Waals surface area contributed by atoms with E-state index in [-0.39, 0.29) is 0 Å². The van der Waals surface area contributed by atoms with Crippen LogP contribution in [0.5, 0.6) is 0 Å². The normalized spacial score (nSPS) is 6.40. The quantitative estimate of drug-likeness (QED) is 0.554. The molecule has 10 heavy (non-hydrogen) atoms. The monoisotopic (exact) mass is 144 g/mol. The molecule has 4 nitrogen and oxygen atoms in total. The Morgan fingerprint density at radius 2 is 1.10 bits per heavy atom. The summed E-state index contributed by atoms with van der Waals surface area (Å²) in [6, 6.07) is 0. The first-order valence-corrected chi connectivity index (χ1v) is 2.25. The predicted molar refractivity (Wildman–Crippen MR) is 35.7 cm³/mol. The van der Waals surface area contributed by atoms with E-state index in [1.54, 1.807) is 0 Å². The van der Waals surface area contributed by atoms with E-state index >= 15 is 0 Å². The van der Waals surface area contributed by atoms with Crippen LogP contribution in [0.15, 0.2) is 25.3 Å². The van der Waals surface area contributed by atoms with Gasteiger partial charge < -0.3 is 10.2 Å². The molecule has 0 aromatic carbocycles. The molecule has 0 aromatic heterocycles. The summed E-state index contributed by atoms with van der Waals surface area (Å²) in [5.74, 6) is -1.96. The molecular formula is C6H8O4. The molecule has 0 heterocycles. The fourth-order valence-electron chi connectivity index (χ4n) is 0. The molecule has 0 atom stereocenters. The highest BCUT2D eigenvalue weighted by molar-refractivity contribution is 5.79. The molecule has 56 valence electrons. The third-order valence-corrected chi connectivity index (χ3v) is 0.349. The van der Waals surface area contributed by atoms with Crippen molar-refractivity contribution < 1.29 is 19.8 Å². The summed E-state index contributed by atoms with van der Waals surface area (Å²) in [5.41, 5.74) is 0. The lowest BCUT2D eigenvalue weighted by Crippen LogP contribution is -1.82. The predicted octanol–water partition coefficient (Wildman–Crippen LogP) is 0.514. The Labute approximate surface area is 58.1 Å². The summed E-state index contributed by atoms with van der Waals surface area (Å²) in [6.45, 7) is 5.92. The molecule has 0 aliphatic heterocycles. The second-order valence-corrected chi connectivity index (χ2v) is 1.08. The van der Waals surface area contributed by atoms with Crippen LogP contribution in [0.4, 0.5) is 0 Å². The summed E-state index contributed by atoms with van der Waals surface area (Å²) < 4.78 is 0. The van der Waals surface area contributed by atoms with Gasteiger partial charge in [0.15, 0.2) is 0 Å². The van der Waals surface area contributed by atoms with Gasteiger partial charge in [-0.2, -0.15) is 0 Å². The van der Waals surface area contributed by atoms with Crippen LogP contribution in [0.25, 0.3) is 0 Å². The smallest absolute Gasteiger partial charge is 0.327 e. The van der Waals surface area contributed by atoms with Crippen molar-refractivity contribution >= 4 is 11.9 Å². The SMILES string of the molecule is C=CC(=O)O.C=CC(=O)O. The van der Waals surface area contributed by atoms with Crippen molar-refractivity contribution in [3.8, 4) is 0 Å². The largest absolute Gasteiger partial charge is 0.478 e. The lowest BCUT2D eigenvalue weighted by molar-refractivity contribution is -0.132. The molecule has 0 fully saturated rings. The van der Waals surface area contributed by atoms with Gasteiger partial charge in [-0.3, -0.25) is 0 Å². The van der Waals surface area contributed by atoms with Gasteiger partial charge in [-0.15, -0.1) is 0 Å². The van der Waals surface area contributed by atoms with Crippen LogP contribution in [-0.4, -0.2) is 22.2 Å². The van der Waals surface area contributed by atoms with Gasteiger partial charge in [0.25, 0.3) is 0 Å². The molecule has 0 aliphatic rings. The Bertz CT molecular complexity index is 130. The average molecular weight is 144 g/mol. The second-order valence-electron chi connectivity index (χ2n) is 1.08. The molecule has 2 N–H and O–H groups in total. The fourth-order valence-corrected chi connectivity index (χ4v) is 0. The van der Waals surface area contributed by atoms with Crippen molar-refractivity contribution in [1.82, 2.24) is 0 Å². The minimum Gasteiger partial charge on any atom is -0.478 e. The van der Waals surface area contributed by atoms with Crippen molar-refractivity contribution in [1.29, 1.82) is 0 Å². The molecule has 0 radical (unpaired) electrons. The van der Waals surface area contributed by atoms with Crippen LogP contribution in [0.3, 0.4) is 0 Å². The highest BCUT2D eigenvalue weighted by atomic mass is 16.4. The molecule has 0 spiro atoms. The van der Waals surface area contributed by atoms with Crippen LogP contribution >= 0.6 is 0 Å². The van der Waals surface area contributed by atoms with Crippen LogP contribution in [0.1, 0.15) is 0 Å². The molecule has 0 bridgehead atoms. The third kappa shape index (κ3) is 32.2. The molecule has 0 saturated carbocycles. The minimum absolute atomic E-state index is 0.833. The van der Waals surface area contributed by atoms with Gasteiger partial charge in [-0.1, -0.05) is 13.2 Å². The molecule has 0 aromatic rings. The summed E-state index contributed by atoms with van der Waals surface area (Å²) in [7, 11) is 0. The molecule has 0 amide bonds. The summed E-state index contributed by atoms with van der Waals surface area (Å²) >= 11 is 0. The minimum atomic E-state index is -0.981. The topological polar surface area (TPSA) is 74.6 Å². The summed E-state index contributed by atoms with van der Waals surface area (Å²) in [5, 5.41) is 15.2. The van der Waals surface area contributed by atoms with E-state index in [0.29, 0.717) is 0 Å². The molecule has 0 saturated heterocycles.